The fraction of sp³-hybridized carbons (Fsp3) is 0.474. The molecule has 1 N–H and O–H groups in total. The third-order valence-corrected chi connectivity index (χ3v) is 6.69. The van der Waals surface area contributed by atoms with Crippen LogP contribution in [0.4, 0.5) is 0 Å². The zero-order valence-corrected chi connectivity index (χ0v) is 14.9. The topological polar surface area (TPSA) is 49.4 Å². The molecule has 0 aliphatic carbocycles. The molecule has 2 aliphatic heterocycles. The number of carbonyl (C=O) groups is 2. The van der Waals surface area contributed by atoms with Gasteiger partial charge in [0.2, 0.25) is 5.91 Å². The summed E-state index contributed by atoms with van der Waals surface area (Å²) in [5.74, 6) is 0.770. The molecule has 24 heavy (non-hydrogen) atoms. The highest BCUT2D eigenvalue weighted by atomic mass is 32.1. The molecular weight excluding hydrogens is 320 g/mol. The monoisotopic (exact) mass is 342 g/mol. The molecular formula is C19H22N2O2S. The molecule has 0 saturated carbocycles. The normalized spacial score (nSPS) is 23.8. The minimum Gasteiger partial charge on any atom is -0.351 e. The van der Waals surface area contributed by atoms with Gasteiger partial charge in [0, 0.05) is 23.8 Å². The lowest BCUT2D eigenvalue weighted by atomic mass is 9.68. The fourth-order valence-corrected chi connectivity index (χ4v) is 4.99. The maximum atomic E-state index is 12.8. The predicted molar refractivity (Wildman–Crippen MR) is 96.2 cm³/mol. The van der Waals surface area contributed by atoms with Gasteiger partial charge in [0.05, 0.1) is 10.3 Å². The van der Waals surface area contributed by atoms with Gasteiger partial charge in [0.25, 0.3) is 5.91 Å². The second kappa shape index (κ2) is 5.59. The first-order valence-electron chi connectivity index (χ1n) is 8.55. The largest absolute Gasteiger partial charge is 0.351 e. The molecule has 4 nitrogen and oxygen atoms in total. The molecule has 2 aliphatic rings. The van der Waals surface area contributed by atoms with E-state index in [9.17, 15) is 9.59 Å². The van der Waals surface area contributed by atoms with Crippen LogP contribution < -0.4 is 5.32 Å². The number of rotatable bonds is 2. The fourth-order valence-electron chi connectivity index (χ4n) is 3.96. The number of amides is 2. The standard InChI is InChI=1S/C19H22N2O2S/c1-19(2)16(20-18(19)23)12-7-9-21(10-8-12)17(22)15-11-13-5-3-4-6-14(13)24-15/h3-6,11-12,16H,7-10H2,1-2H3,(H,20,23). The molecule has 2 amide bonds. The Balaban J connectivity index is 1.42. The van der Waals surface area contributed by atoms with Crippen LogP contribution in [0.1, 0.15) is 36.4 Å². The van der Waals surface area contributed by atoms with Crippen molar-refractivity contribution < 1.29 is 9.59 Å². The van der Waals surface area contributed by atoms with Crippen molar-refractivity contribution in [2.24, 2.45) is 11.3 Å². The predicted octanol–water partition coefficient (Wildman–Crippen LogP) is 3.28. The maximum absolute atomic E-state index is 12.8. The molecule has 5 heteroatoms. The Morgan fingerprint density at radius 2 is 1.96 bits per heavy atom. The third-order valence-electron chi connectivity index (χ3n) is 5.58. The van der Waals surface area contributed by atoms with E-state index in [1.165, 1.54) is 0 Å². The minimum atomic E-state index is -0.262. The Bertz CT molecular complexity index is 770. The maximum Gasteiger partial charge on any atom is 0.263 e. The number of likely N-dealkylation sites (tertiary alicyclic amines) is 1. The Hall–Kier alpha value is -1.88. The van der Waals surface area contributed by atoms with Gasteiger partial charge in [-0.05, 0) is 50.1 Å². The van der Waals surface area contributed by atoms with E-state index in [1.807, 2.05) is 36.9 Å². The molecule has 0 radical (unpaired) electrons. The zero-order valence-electron chi connectivity index (χ0n) is 14.0. The van der Waals surface area contributed by atoms with E-state index in [0.717, 1.165) is 40.9 Å². The molecule has 2 fully saturated rings. The number of hydrogen-bond donors (Lipinski definition) is 1. The van der Waals surface area contributed by atoms with Gasteiger partial charge in [0.15, 0.2) is 0 Å². The number of β-lactam (4-membered cyclic amide) rings is 1. The summed E-state index contributed by atoms with van der Waals surface area (Å²) in [4.78, 5) is 27.2. The van der Waals surface area contributed by atoms with Gasteiger partial charge < -0.3 is 10.2 Å². The van der Waals surface area contributed by atoms with Crippen LogP contribution in [0.3, 0.4) is 0 Å². The van der Waals surface area contributed by atoms with E-state index in [2.05, 4.69) is 17.4 Å². The molecule has 0 bridgehead atoms. The summed E-state index contributed by atoms with van der Waals surface area (Å²) in [5, 5.41) is 4.19. The van der Waals surface area contributed by atoms with E-state index >= 15 is 0 Å². The van der Waals surface area contributed by atoms with Crippen molar-refractivity contribution in [3.63, 3.8) is 0 Å². The molecule has 1 atom stereocenters. The van der Waals surface area contributed by atoms with Crippen LogP contribution in [0.2, 0.25) is 0 Å². The van der Waals surface area contributed by atoms with Crippen molar-refractivity contribution in [2.75, 3.05) is 13.1 Å². The van der Waals surface area contributed by atoms with Crippen molar-refractivity contribution in [3.8, 4) is 0 Å². The molecule has 126 valence electrons. The van der Waals surface area contributed by atoms with E-state index in [0.29, 0.717) is 5.92 Å². The highest BCUT2D eigenvalue weighted by molar-refractivity contribution is 7.20. The molecule has 1 aromatic carbocycles. The first-order chi connectivity index (χ1) is 11.5. The Labute approximate surface area is 145 Å². The number of nitrogens with one attached hydrogen (secondary N) is 1. The quantitative estimate of drug-likeness (QED) is 0.852. The Morgan fingerprint density at radius 1 is 1.25 bits per heavy atom. The van der Waals surface area contributed by atoms with Crippen molar-refractivity contribution >= 4 is 33.2 Å². The van der Waals surface area contributed by atoms with Gasteiger partial charge in [-0.3, -0.25) is 9.59 Å². The molecule has 1 aromatic heterocycles. The van der Waals surface area contributed by atoms with Crippen molar-refractivity contribution in [2.45, 2.75) is 32.7 Å². The number of carbonyl (C=O) groups excluding carboxylic acids is 2. The molecule has 3 heterocycles. The van der Waals surface area contributed by atoms with Crippen LogP contribution in [-0.2, 0) is 4.79 Å². The first-order valence-corrected chi connectivity index (χ1v) is 9.37. The van der Waals surface area contributed by atoms with Crippen LogP contribution in [0.15, 0.2) is 30.3 Å². The number of piperidine rings is 1. The number of nitrogens with zero attached hydrogens (tertiary/aromatic N) is 1. The molecule has 1 unspecified atom stereocenters. The van der Waals surface area contributed by atoms with Crippen LogP contribution in [0.25, 0.3) is 10.1 Å². The second-order valence-corrected chi connectivity index (χ2v) is 8.53. The van der Waals surface area contributed by atoms with E-state index in [-0.39, 0.29) is 23.3 Å². The lowest BCUT2D eigenvalue weighted by molar-refractivity contribution is -0.146. The Kier molecular flexibility index (Phi) is 3.64. The average molecular weight is 342 g/mol. The van der Waals surface area contributed by atoms with Gasteiger partial charge in [0.1, 0.15) is 0 Å². The average Bonchev–Trinajstić information content (AvgIpc) is 3.03. The van der Waals surface area contributed by atoms with Gasteiger partial charge in [-0.1, -0.05) is 18.2 Å². The molecule has 2 aromatic rings. The van der Waals surface area contributed by atoms with E-state index in [1.54, 1.807) is 11.3 Å². The van der Waals surface area contributed by atoms with Crippen molar-refractivity contribution in [1.29, 1.82) is 0 Å². The third kappa shape index (κ3) is 2.42. The zero-order chi connectivity index (χ0) is 16.9. The number of thiophene rings is 1. The minimum absolute atomic E-state index is 0.145. The highest BCUT2D eigenvalue weighted by Gasteiger charge is 2.51. The van der Waals surface area contributed by atoms with Gasteiger partial charge in [-0.25, -0.2) is 0 Å². The SMILES string of the molecule is CC1(C)C(=O)NC1C1CCN(C(=O)c2cc3ccccc3s2)CC1. The van der Waals surface area contributed by atoms with Gasteiger partial charge in [-0.15, -0.1) is 11.3 Å². The van der Waals surface area contributed by atoms with E-state index in [4.69, 9.17) is 0 Å². The summed E-state index contributed by atoms with van der Waals surface area (Å²) >= 11 is 1.57. The summed E-state index contributed by atoms with van der Waals surface area (Å²) in [6, 6.07) is 10.4. The smallest absolute Gasteiger partial charge is 0.263 e. The van der Waals surface area contributed by atoms with Crippen molar-refractivity contribution in [1.82, 2.24) is 10.2 Å². The highest BCUT2D eigenvalue weighted by Crippen LogP contribution is 2.39. The summed E-state index contributed by atoms with van der Waals surface area (Å²) in [7, 11) is 0. The number of fused-ring (bicyclic) bond motifs is 1. The van der Waals surface area contributed by atoms with Gasteiger partial charge in [-0.2, -0.15) is 0 Å². The molecule has 2 saturated heterocycles. The summed E-state index contributed by atoms with van der Waals surface area (Å²) in [5.41, 5.74) is -0.262. The molecule has 4 rings (SSSR count). The van der Waals surface area contributed by atoms with E-state index < -0.39 is 0 Å². The second-order valence-electron chi connectivity index (χ2n) is 7.45. The number of benzene rings is 1. The van der Waals surface area contributed by atoms with Crippen molar-refractivity contribution in [3.05, 3.63) is 35.2 Å². The van der Waals surface area contributed by atoms with Crippen LogP contribution >= 0.6 is 11.3 Å². The van der Waals surface area contributed by atoms with Gasteiger partial charge >= 0.3 is 0 Å². The first kappa shape index (κ1) is 15.6. The Morgan fingerprint density at radius 3 is 2.58 bits per heavy atom. The molecule has 0 spiro atoms. The summed E-state index contributed by atoms with van der Waals surface area (Å²) < 4.78 is 1.16. The van der Waals surface area contributed by atoms with Crippen LogP contribution in [0.5, 0.6) is 0 Å². The summed E-state index contributed by atoms with van der Waals surface area (Å²) in [6.07, 6.45) is 1.93. The lowest BCUT2D eigenvalue weighted by Crippen LogP contribution is -2.68. The van der Waals surface area contributed by atoms with Crippen LogP contribution in [-0.4, -0.2) is 35.8 Å². The lowest BCUT2D eigenvalue weighted by Gasteiger charge is -2.50. The summed E-state index contributed by atoms with van der Waals surface area (Å²) in [6.45, 7) is 5.59. The number of hydrogen-bond acceptors (Lipinski definition) is 3. The van der Waals surface area contributed by atoms with Crippen LogP contribution in [0, 0.1) is 11.3 Å².